The molecule has 2 aromatic carbocycles. The Morgan fingerprint density at radius 1 is 1.15 bits per heavy atom. The van der Waals surface area contributed by atoms with E-state index in [4.69, 9.17) is 11.6 Å². The van der Waals surface area contributed by atoms with Gasteiger partial charge in [-0.3, -0.25) is 4.79 Å². The summed E-state index contributed by atoms with van der Waals surface area (Å²) < 4.78 is 63.1. The molecule has 0 unspecified atom stereocenters. The van der Waals surface area contributed by atoms with E-state index in [2.05, 4.69) is 5.32 Å². The topological polar surface area (TPSA) is 66.5 Å². The first kappa shape index (κ1) is 21.2. The fraction of sp³-hybridized carbons (Fsp3) is 0.235. The van der Waals surface area contributed by atoms with E-state index in [1.165, 1.54) is 6.07 Å². The molecule has 0 spiro atoms. The Labute approximate surface area is 159 Å². The summed E-state index contributed by atoms with van der Waals surface area (Å²) in [6.07, 6.45) is -3.62. The Hall–Kier alpha value is -2.10. The fourth-order valence-electron chi connectivity index (χ4n) is 2.24. The first-order valence-electron chi connectivity index (χ1n) is 7.62. The lowest BCUT2D eigenvalue weighted by molar-refractivity contribution is -0.137. The normalized spacial score (nSPS) is 12.2. The average molecular weight is 421 g/mol. The van der Waals surface area contributed by atoms with E-state index < -0.39 is 34.2 Å². The van der Waals surface area contributed by atoms with Crippen LogP contribution in [0, 0.1) is 0 Å². The minimum Gasteiger partial charge on any atom is -0.325 e. The highest BCUT2D eigenvalue weighted by Crippen LogP contribution is 2.30. The van der Waals surface area contributed by atoms with Gasteiger partial charge in [0, 0.05) is 17.3 Å². The molecule has 10 heteroatoms. The van der Waals surface area contributed by atoms with Gasteiger partial charge in [-0.15, -0.1) is 0 Å². The molecule has 0 saturated carbocycles. The Kier molecular flexibility index (Phi) is 6.50. The average Bonchev–Trinajstić information content (AvgIpc) is 2.54. The van der Waals surface area contributed by atoms with Crippen molar-refractivity contribution < 1.29 is 26.4 Å². The van der Waals surface area contributed by atoms with E-state index in [1.807, 2.05) is 0 Å². The minimum absolute atomic E-state index is 0.0824. The van der Waals surface area contributed by atoms with Gasteiger partial charge in [-0.05, 0) is 29.8 Å². The molecule has 0 fully saturated rings. The van der Waals surface area contributed by atoms with Gasteiger partial charge in [0.1, 0.15) is 0 Å². The van der Waals surface area contributed by atoms with Crippen LogP contribution >= 0.6 is 11.6 Å². The highest BCUT2D eigenvalue weighted by molar-refractivity contribution is 7.88. The number of hydrogen-bond acceptors (Lipinski definition) is 3. The number of halogens is 4. The molecular formula is C17H16ClF3N2O3S. The Balaban J connectivity index is 2.14. The number of nitrogens with zero attached hydrogens (tertiary/aromatic N) is 1. The largest absolute Gasteiger partial charge is 0.416 e. The molecule has 0 bridgehead atoms. The van der Waals surface area contributed by atoms with Gasteiger partial charge >= 0.3 is 6.18 Å². The van der Waals surface area contributed by atoms with E-state index >= 15 is 0 Å². The van der Waals surface area contributed by atoms with Crippen molar-refractivity contribution in [3.8, 4) is 0 Å². The summed E-state index contributed by atoms with van der Waals surface area (Å²) in [5.41, 5.74) is -0.506. The van der Waals surface area contributed by atoms with E-state index in [-0.39, 0.29) is 12.2 Å². The summed E-state index contributed by atoms with van der Waals surface area (Å²) >= 11 is 6.02. The zero-order chi connectivity index (χ0) is 20.2. The molecular weight excluding hydrogens is 405 g/mol. The number of amides is 1. The minimum atomic E-state index is -4.55. The predicted octanol–water partition coefficient (Wildman–Crippen LogP) is 3.76. The highest BCUT2D eigenvalue weighted by atomic mass is 35.5. The van der Waals surface area contributed by atoms with E-state index in [0.717, 1.165) is 28.8 Å². The Bertz CT molecular complexity index is 933. The van der Waals surface area contributed by atoms with Gasteiger partial charge in [0.15, 0.2) is 0 Å². The zero-order valence-electron chi connectivity index (χ0n) is 14.1. The van der Waals surface area contributed by atoms with Crippen LogP contribution in [-0.2, 0) is 27.5 Å². The van der Waals surface area contributed by atoms with Crippen LogP contribution in [0.25, 0.3) is 0 Å². The van der Waals surface area contributed by atoms with Crippen LogP contribution in [0.3, 0.4) is 0 Å². The zero-order valence-corrected chi connectivity index (χ0v) is 15.7. The van der Waals surface area contributed by atoms with Crippen molar-refractivity contribution in [2.45, 2.75) is 12.7 Å². The molecule has 27 heavy (non-hydrogen) atoms. The first-order valence-corrected chi connectivity index (χ1v) is 9.85. The molecule has 0 heterocycles. The summed E-state index contributed by atoms with van der Waals surface area (Å²) in [6.45, 7) is -0.713. The molecule has 0 aromatic heterocycles. The van der Waals surface area contributed by atoms with Crippen molar-refractivity contribution >= 4 is 33.2 Å². The Morgan fingerprint density at radius 2 is 1.81 bits per heavy atom. The predicted molar refractivity (Wildman–Crippen MR) is 96.8 cm³/mol. The summed E-state index contributed by atoms with van der Waals surface area (Å²) in [4.78, 5) is 12.2. The molecule has 0 aliphatic heterocycles. The van der Waals surface area contributed by atoms with Gasteiger partial charge in [0.2, 0.25) is 15.9 Å². The second kappa shape index (κ2) is 8.28. The quantitative estimate of drug-likeness (QED) is 0.773. The van der Waals surface area contributed by atoms with Crippen LogP contribution in [-0.4, -0.2) is 31.4 Å². The number of anilines is 1. The standard InChI is InChI=1S/C17H16ClF3N2O3S/c1-27(25,26)23(10-12-5-2-3-8-15(12)18)11-16(24)22-14-7-4-6-13(9-14)17(19,20)21/h2-9H,10-11H2,1H3,(H,22,24). The summed E-state index contributed by atoms with van der Waals surface area (Å²) in [7, 11) is -3.76. The van der Waals surface area contributed by atoms with Gasteiger partial charge in [0.25, 0.3) is 0 Å². The van der Waals surface area contributed by atoms with Crippen LogP contribution in [0.2, 0.25) is 5.02 Å². The third kappa shape index (κ3) is 6.23. The summed E-state index contributed by atoms with van der Waals surface area (Å²) in [5.74, 6) is -0.771. The highest BCUT2D eigenvalue weighted by Gasteiger charge is 2.30. The first-order chi connectivity index (χ1) is 12.5. The van der Waals surface area contributed by atoms with E-state index in [0.29, 0.717) is 10.6 Å². The molecule has 146 valence electrons. The Morgan fingerprint density at radius 3 is 2.41 bits per heavy atom. The number of sulfonamides is 1. The maximum Gasteiger partial charge on any atom is 0.416 e. The number of benzene rings is 2. The number of hydrogen-bond donors (Lipinski definition) is 1. The molecule has 0 saturated heterocycles. The second-order valence-corrected chi connectivity index (χ2v) is 8.14. The number of nitrogens with one attached hydrogen (secondary N) is 1. The number of rotatable bonds is 6. The van der Waals surface area contributed by atoms with Crippen molar-refractivity contribution in [1.29, 1.82) is 0 Å². The van der Waals surface area contributed by atoms with Gasteiger partial charge in [-0.25, -0.2) is 8.42 Å². The molecule has 0 atom stereocenters. The monoisotopic (exact) mass is 420 g/mol. The number of carbonyl (C=O) groups excluding carboxylic acids is 1. The third-order valence-electron chi connectivity index (χ3n) is 3.57. The molecule has 1 amide bonds. The van der Waals surface area contributed by atoms with E-state index in [9.17, 15) is 26.4 Å². The van der Waals surface area contributed by atoms with Crippen LogP contribution < -0.4 is 5.32 Å². The number of carbonyl (C=O) groups is 1. The molecule has 2 rings (SSSR count). The summed E-state index contributed by atoms with van der Waals surface area (Å²) in [5, 5.41) is 2.62. The van der Waals surface area contributed by atoms with E-state index in [1.54, 1.807) is 24.3 Å². The molecule has 0 aliphatic rings. The van der Waals surface area contributed by atoms with Crippen LogP contribution in [0.15, 0.2) is 48.5 Å². The molecule has 5 nitrogen and oxygen atoms in total. The fourth-order valence-corrected chi connectivity index (χ4v) is 3.16. The van der Waals surface area contributed by atoms with Crippen molar-refractivity contribution in [2.75, 3.05) is 18.1 Å². The third-order valence-corrected chi connectivity index (χ3v) is 5.13. The van der Waals surface area contributed by atoms with Crippen molar-refractivity contribution in [3.05, 3.63) is 64.7 Å². The van der Waals surface area contributed by atoms with Crippen LogP contribution in [0.5, 0.6) is 0 Å². The van der Waals surface area contributed by atoms with Crippen molar-refractivity contribution in [1.82, 2.24) is 4.31 Å². The van der Waals surface area contributed by atoms with Crippen molar-refractivity contribution in [2.24, 2.45) is 0 Å². The molecule has 2 aromatic rings. The SMILES string of the molecule is CS(=O)(=O)N(CC(=O)Nc1cccc(C(F)(F)F)c1)Cc1ccccc1Cl. The van der Waals surface area contributed by atoms with Gasteiger partial charge in [-0.2, -0.15) is 17.5 Å². The molecule has 0 aliphatic carbocycles. The smallest absolute Gasteiger partial charge is 0.325 e. The molecule has 1 N–H and O–H groups in total. The van der Waals surface area contributed by atoms with Crippen molar-refractivity contribution in [3.63, 3.8) is 0 Å². The maximum absolute atomic E-state index is 12.7. The lowest BCUT2D eigenvalue weighted by Crippen LogP contribution is -2.37. The van der Waals surface area contributed by atoms with Crippen LogP contribution in [0.1, 0.15) is 11.1 Å². The lowest BCUT2D eigenvalue weighted by atomic mass is 10.2. The second-order valence-electron chi connectivity index (χ2n) is 5.75. The van der Waals surface area contributed by atoms with Crippen LogP contribution in [0.4, 0.5) is 18.9 Å². The lowest BCUT2D eigenvalue weighted by Gasteiger charge is -2.20. The number of alkyl halides is 3. The summed E-state index contributed by atoms with van der Waals surface area (Å²) in [6, 6.07) is 10.6. The molecule has 0 radical (unpaired) electrons. The maximum atomic E-state index is 12.7. The van der Waals surface area contributed by atoms with Gasteiger partial charge < -0.3 is 5.32 Å². The van der Waals surface area contributed by atoms with Gasteiger partial charge in [-0.1, -0.05) is 35.9 Å². The van der Waals surface area contributed by atoms with Gasteiger partial charge in [0.05, 0.1) is 18.4 Å².